The number of hydrogen-bond donors (Lipinski definition) is 2. The third-order valence-corrected chi connectivity index (χ3v) is 4.69. The fourth-order valence-corrected chi connectivity index (χ4v) is 3.12. The van der Waals surface area contributed by atoms with Gasteiger partial charge in [0.15, 0.2) is 0 Å². The normalized spacial score (nSPS) is 14.4. The number of urea groups is 1. The lowest BCUT2D eigenvalue weighted by Gasteiger charge is -2.34. The summed E-state index contributed by atoms with van der Waals surface area (Å²) in [6.45, 7) is 4.74. The maximum Gasteiger partial charge on any atom is 0.317 e. The molecule has 27 heavy (non-hydrogen) atoms. The van der Waals surface area contributed by atoms with Crippen molar-refractivity contribution in [3.8, 4) is 0 Å². The molecule has 2 aromatic rings. The summed E-state index contributed by atoms with van der Waals surface area (Å²) in [4.78, 5) is 47.2. The highest BCUT2D eigenvalue weighted by atomic mass is 16.2. The quantitative estimate of drug-likeness (QED) is 0.823. The van der Waals surface area contributed by atoms with Gasteiger partial charge in [-0.2, -0.15) is 0 Å². The Labute approximate surface area is 157 Å². The number of aromatic amines is 1. The molecule has 0 atom stereocenters. The Morgan fingerprint density at radius 3 is 2.59 bits per heavy atom. The number of para-hydroxylation sites is 2. The lowest BCUT2D eigenvalue weighted by molar-refractivity contribution is -0.132. The molecular formula is C19H25N5O3. The minimum absolute atomic E-state index is 0.0158. The van der Waals surface area contributed by atoms with Crippen LogP contribution in [0.5, 0.6) is 0 Å². The van der Waals surface area contributed by atoms with Crippen molar-refractivity contribution in [1.82, 2.24) is 25.1 Å². The van der Waals surface area contributed by atoms with Crippen LogP contribution in [0.25, 0.3) is 11.0 Å². The van der Waals surface area contributed by atoms with Crippen molar-refractivity contribution in [2.75, 3.05) is 32.7 Å². The molecule has 2 N–H and O–H groups in total. The van der Waals surface area contributed by atoms with Crippen molar-refractivity contribution in [1.29, 1.82) is 0 Å². The first-order valence-corrected chi connectivity index (χ1v) is 9.37. The van der Waals surface area contributed by atoms with E-state index in [0.717, 1.165) is 6.42 Å². The topological polar surface area (TPSA) is 98.4 Å². The average molecular weight is 371 g/mol. The molecule has 1 aromatic heterocycles. The molecule has 2 heterocycles. The molecule has 0 unspecified atom stereocenters. The van der Waals surface area contributed by atoms with E-state index < -0.39 is 0 Å². The van der Waals surface area contributed by atoms with Crippen LogP contribution in [0.4, 0.5) is 4.79 Å². The lowest BCUT2D eigenvalue weighted by atomic mass is 10.2. The molecule has 1 aromatic carbocycles. The third-order valence-electron chi connectivity index (χ3n) is 4.69. The highest BCUT2D eigenvalue weighted by Gasteiger charge is 2.23. The summed E-state index contributed by atoms with van der Waals surface area (Å²) in [5.74, 6) is -0.0158. The molecular weight excluding hydrogens is 346 g/mol. The van der Waals surface area contributed by atoms with Crippen molar-refractivity contribution in [3.63, 3.8) is 0 Å². The molecule has 8 heteroatoms. The van der Waals surface area contributed by atoms with E-state index in [1.807, 2.05) is 25.1 Å². The van der Waals surface area contributed by atoms with Crippen molar-refractivity contribution in [3.05, 3.63) is 40.3 Å². The predicted octanol–water partition coefficient (Wildman–Crippen LogP) is 1.12. The Hall–Kier alpha value is -2.90. The number of aryl methyl sites for hydroxylation is 1. The molecule has 1 aliphatic rings. The van der Waals surface area contributed by atoms with Gasteiger partial charge >= 0.3 is 6.03 Å². The Kier molecular flexibility index (Phi) is 6.05. The minimum atomic E-state index is -0.251. The molecule has 3 rings (SSSR count). The summed E-state index contributed by atoms with van der Waals surface area (Å²) in [5.41, 5.74) is 1.53. The highest BCUT2D eigenvalue weighted by Crippen LogP contribution is 2.09. The van der Waals surface area contributed by atoms with E-state index in [0.29, 0.717) is 55.9 Å². The molecule has 144 valence electrons. The van der Waals surface area contributed by atoms with Gasteiger partial charge in [-0.25, -0.2) is 9.78 Å². The SMILES string of the molecule is CCCNC(=O)N1CCN(C(=O)CCc2nc3ccccc3[nH]c2=O)CC1. The smallest absolute Gasteiger partial charge is 0.317 e. The minimum Gasteiger partial charge on any atom is -0.339 e. The van der Waals surface area contributed by atoms with Crippen LogP contribution in [0.15, 0.2) is 29.1 Å². The Balaban J connectivity index is 1.52. The summed E-state index contributed by atoms with van der Waals surface area (Å²) in [7, 11) is 0. The second-order valence-corrected chi connectivity index (χ2v) is 6.63. The van der Waals surface area contributed by atoms with Crippen LogP contribution in [0, 0.1) is 0 Å². The van der Waals surface area contributed by atoms with Gasteiger partial charge in [-0.05, 0) is 18.6 Å². The fraction of sp³-hybridized carbons (Fsp3) is 0.474. The van der Waals surface area contributed by atoms with E-state index in [9.17, 15) is 14.4 Å². The Morgan fingerprint density at radius 2 is 1.85 bits per heavy atom. The number of fused-ring (bicyclic) bond motifs is 1. The molecule has 0 spiro atoms. The summed E-state index contributed by atoms with van der Waals surface area (Å²) < 4.78 is 0. The summed E-state index contributed by atoms with van der Waals surface area (Å²) >= 11 is 0. The van der Waals surface area contributed by atoms with Crippen LogP contribution in [0.1, 0.15) is 25.5 Å². The zero-order valence-electron chi connectivity index (χ0n) is 15.5. The number of nitrogens with zero attached hydrogens (tertiary/aromatic N) is 3. The molecule has 0 bridgehead atoms. The van der Waals surface area contributed by atoms with E-state index in [2.05, 4.69) is 15.3 Å². The molecule has 1 aliphatic heterocycles. The Morgan fingerprint density at radius 1 is 1.15 bits per heavy atom. The van der Waals surface area contributed by atoms with E-state index in [-0.39, 0.29) is 23.9 Å². The van der Waals surface area contributed by atoms with Gasteiger partial charge in [0.2, 0.25) is 5.91 Å². The predicted molar refractivity (Wildman–Crippen MR) is 103 cm³/mol. The number of nitrogens with one attached hydrogen (secondary N) is 2. The summed E-state index contributed by atoms with van der Waals surface area (Å²) in [6.07, 6.45) is 1.43. The van der Waals surface area contributed by atoms with Crippen LogP contribution < -0.4 is 10.9 Å². The van der Waals surface area contributed by atoms with Gasteiger partial charge in [0.25, 0.3) is 5.56 Å². The van der Waals surface area contributed by atoms with Crippen molar-refractivity contribution < 1.29 is 9.59 Å². The van der Waals surface area contributed by atoms with Gasteiger partial charge < -0.3 is 20.1 Å². The van der Waals surface area contributed by atoms with Gasteiger partial charge in [-0.3, -0.25) is 9.59 Å². The monoisotopic (exact) mass is 371 g/mol. The van der Waals surface area contributed by atoms with Gasteiger partial charge in [0.05, 0.1) is 11.0 Å². The molecule has 0 saturated carbocycles. The van der Waals surface area contributed by atoms with Crippen LogP contribution >= 0.6 is 0 Å². The van der Waals surface area contributed by atoms with E-state index in [1.165, 1.54) is 0 Å². The van der Waals surface area contributed by atoms with Gasteiger partial charge in [-0.1, -0.05) is 19.1 Å². The average Bonchev–Trinajstić information content (AvgIpc) is 2.70. The third kappa shape index (κ3) is 4.64. The van der Waals surface area contributed by atoms with Crippen molar-refractivity contribution in [2.45, 2.75) is 26.2 Å². The first-order valence-electron chi connectivity index (χ1n) is 9.37. The number of rotatable bonds is 5. The number of benzene rings is 1. The van der Waals surface area contributed by atoms with Crippen molar-refractivity contribution in [2.24, 2.45) is 0 Å². The number of piperazine rings is 1. The standard InChI is InChI=1S/C19H25N5O3/c1-2-9-20-19(27)24-12-10-23(11-13-24)17(25)8-7-16-18(26)22-15-6-4-3-5-14(15)21-16/h3-6H,2,7-13H2,1H3,(H,20,27)(H,22,26). The van der Waals surface area contributed by atoms with E-state index in [4.69, 9.17) is 0 Å². The maximum absolute atomic E-state index is 12.5. The van der Waals surface area contributed by atoms with Gasteiger partial charge in [-0.15, -0.1) is 0 Å². The molecule has 1 fully saturated rings. The number of hydrogen-bond acceptors (Lipinski definition) is 4. The largest absolute Gasteiger partial charge is 0.339 e. The fourth-order valence-electron chi connectivity index (χ4n) is 3.12. The second kappa shape index (κ2) is 8.66. The van der Waals surface area contributed by atoms with Crippen LogP contribution in [0.2, 0.25) is 0 Å². The zero-order valence-corrected chi connectivity index (χ0v) is 15.5. The number of H-pyrrole nitrogens is 1. The highest BCUT2D eigenvalue weighted by molar-refractivity contribution is 5.78. The Bertz CT molecular complexity index is 871. The summed E-state index contributed by atoms with van der Waals surface area (Å²) in [5, 5.41) is 2.85. The van der Waals surface area contributed by atoms with Crippen LogP contribution in [-0.2, 0) is 11.2 Å². The number of aromatic nitrogens is 2. The zero-order chi connectivity index (χ0) is 19.2. The lowest BCUT2D eigenvalue weighted by Crippen LogP contribution is -2.53. The molecule has 1 saturated heterocycles. The second-order valence-electron chi connectivity index (χ2n) is 6.63. The number of amides is 3. The number of carbonyl (C=O) groups is 2. The maximum atomic E-state index is 12.5. The van der Waals surface area contributed by atoms with Crippen molar-refractivity contribution >= 4 is 23.0 Å². The van der Waals surface area contributed by atoms with E-state index in [1.54, 1.807) is 15.9 Å². The first-order chi connectivity index (χ1) is 13.1. The number of carbonyl (C=O) groups excluding carboxylic acids is 2. The molecule has 8 nitrogen and oxygen atoms in total. The van der Waals surface area contributed by atoms with Crippen LogP contribution in [-0.4, -0.2) is 64.4 Å². The van der Waals surface area contributed by atoms with Gasteiger partial charge in [0.1, 0.15) is 5.69 Å². The molecule has 0 aliphatic carbocycles. The first kappa shape index (κ1) is 18.9. The summed E-state index contributed by atoms with van der Waals surface area (Å²) in [6, 6.07) is 7.26. The van der Waals surface area contributed by atoms with E-state index >= 15 is 0 Å². The van der Waals surface area contributed by atoms with Crippen LogP contribution in [0.3, 0.4) is 0 Å². The van der Waals surface area contributed by atoms with Gasteiger partial charge in [0, 0.05) is 45.6 Å². The molecule has 0 radical (unpaired) electrons. The molecule has 3 amide bonds.